The lowest BCUT2D eigenvalue weighted by Gasteiger charge is -2.26. The van der Waals surface area contributed by atoms with Crippen LogP contribution in [0.4, 0.5) is 11.5 Å². The van der Waals surface area contributed by atoms with Crippen molar-refractivity contribution in [2.45, 2.75) is 6.54 Å². The summed E-state index contributed by atoms with van der Waals surface area (Å²) >= 11 is 5.80. The Bertz CT molecular complexity index is 1020. The van der Waals surface area contributed by atoms with Crippen molar-refractivity contribution < 1.29 is 9.47 Å². The van der Waals surface area contributed by atoms with E-state index in [1.54, 1.807) is 12.4 Å². The minimum Gasteiger partial charge on any atom is -0.739 e. The van der Waals surface area contributed by atoms with Crippen molar-refractivity contribution >= 4 is 23.1 Å². The van der Waals surface area contributed by atoms with Crippen molar-refractivity contribution in [1.29, 1.82) is 0 Å². The Morgan fingerprint density at radius 2 is 1.97 bits per heavy atom. The standard InChI is InChI=1S/C21H22ClN7O3/c22-21-26-14-18(28-30)20(27-21)23-11-15-2-1-3-16(10-15)19-24-12-17(13-25-19)32-9-6-29-4-7-31-8-5-29/h1-3,10,12-14H,4-9,11H2,(H,23,26,27)/q-1. The monoisotopic (exact) mass is 455 g/mol. The van der Waals surface area contributed by atoms with Gasteiger partial charge in [0, 0.05) is 31.7 Å². The molecule has 1 saturated heterocycles. The van der Waals surface area contributed by atoms with Crippen LogP contribution in [0.5, 0.6) is 5.75 Å². The summed E-state index contributed by atoms with van der Waals surface area (Å²) < 4.78 is 11.1. The highest BCUT2D eigenvalue weighted by Crippen LogP contribution is 2.22. The summed E-state index contributed by atoms with van der Waals surface area (Å²) in [4.78, 5) is 18.9. The van der Waals surface area contributed by atoms with Crippen molar-refractivity contribution in [3.05, 3.63) is 58.9 Å². The quantitative estimate of drug-likeness (QED) is 0.383. The molecule has 0 atom stereocenters. The number of aromatic nitrogens is 4. The number of morpholine rings is 1. The van der Waals surface area contributed by atoms with Gasteiger partial charge in [-0.2, -0.15) is 4.98 Å². The molecule has 167 valence electrons. The Morgan fingerprint density at radius 3 is 2.75 bits per heavy atom. The molecule has 3 heterocycles. The molecule has 0 amide bonds. The summed E-state index contributed by atoms with van der Waals surface area (Å²) in [5.41, 5.74) is 4.81. The molecule has 10 nitrogen and oxygen atoms in total. The number of nitrogens with zero attached hydrogens (tertiary/aromatic N) is 6. The van der Waals surface area contributed by atoms with E-state index in [-0.39, 0.29) is 16.8 Å². The topological polar surface area (TPSA) is 122 Å². The predicted octanol–water partition coefficient (Wildman–Crippen LogP) is 2.64. The molecular formula is C21H22ClN7O3-. The SMILES string of the molecule is [O-][N]c1cnc(Cl)nc1NCc1cccc(-c2ncc(OCCN3CCOCC3)cn2)c1. The largest absolute Gasteiger partial charge is 0.739 e. The fourth-order valence-electron chi connectivity index (χ4n) is 3.21. The molecule has 0 saturated carbocycles. The summed E-state index contributed by atoms with van der Waals surface area (Å²) in [6, 6.07) is 7.74. The summed E-state index contributed by atoms with van der Waals surface area (Å²) in [6.45, 7) is 5.24. The van der Waals surface area contributed by atoms with E-state index >= 15 is 0 Å². The number of halogens is 1. The van der Waals surface area contributed by atoms with E-state index in [0.29, 0.717) is 24.7 Å². The van der Waals surface area contributed by atoms with Crippen LogP contribution in [0.15, 0.2) is 42.9 Å². The van der Waals surface area contributed by atoms with E-state index in [0.717, 1.165) is 44.0 Å². The van der Waals surface area contributed by atoms with Crippen LogP contribution in [-0.4, -0.2) is 64.3 Å². The smallest absolute Gasteiger partial charge is 0.224 e. The molecule has 0 unspecified atom stereocenters. The van der Waals surface area contributed by atoms with Crippen LogP contribution < -0.4 is 15.5 Å². The fourth-order valence-corrected chi connectivity index (χ4v) is 3.35. The summed E-state index contributed by atoms with van der Waals surface area (Å²) in [5, 5.41) is 14.0. The van der Waals surface area contributed by atoms with Crippen molar-refractivity contribution in [2.24, 2.45) is 0 Å². The summed E-state index contributed by atoms with van der Waals surface area (Å²) in [6.07, 6.45) is 4.63. The second kappa shape index (κ2) is 11.0. The maximum atomic E-state index is 10.9. The lowest BCUT2D eigenvalue weighted by atomic mass is 10.1. The zero-order valence-electron chi connectivity index (χ0n) is 17.3. The second-order valence-electron chi connectivity index (χ2n) is 7.06. The number of hydrogen-bond donors (Lipinski definition) is 1. The molecule has 0 spiro atoms. The number of benzene rings is 1. The molecule has 0 bridgehead atoms. The van der Waals surface area contributed by atoms with E-state index in [1.165, 1.54) is 6.20 Å². The third-order valence-electron chi connectivity index (χ3n) is 4.89. The Morgan fingerprint density at radius 1 is 1.16 bits per heavy atom. The van der Waals surface area contributed by atoms with Gasteiger partial charge in [-0.1, -0.05) is 18.2 Å². The molecule has 32 heavy (non-hydrogen) atoms. The van der Waals surface area contributed by atoms with Crippen LogP contribution in [0, 0.1) is 5.21 Å². The van der Waals surface area contributed by atoms with Crippen LogP contribution in [0.1, 0.15) is 5.56 Å². The highest BCUT2D eigenvalue weighted by atomic mass is 35.5. The van der Waals surface area contributed by atoms with E-state index in [4.69, 9.17) is 21.1 Å². The summed E-state index contributed by atoms with van der Waals surface area (Å²) in [7, 11) is 0. The van der Waals surface area contributed by atoms with Gasteiger partial charge in [0.15, 0.2) is 17.4 Å². The van der Waals surface area contributed by atoms with Crippen LogP contribution in [-0.2, 0) is 11.3 Å². The molecule has 1 N–H and O–H groups in total. The van der Waals surface area contributed by atoms with Crippen molar-refractivity contribution in [3.8, 4) is 17.1 Å². The summed E-state index contributed by atoms with van der Waals surface area (Å²) in [5.74, 6) is 1.50. The van der Waals surface area contributed by atoms with E-state index < -0.39 is 0 Å². The van der Waals surface area contributed by atoms with E-state index in [1.807, 2.05) is 24.3 Å². The van der Waals surface area contributed by atoms with Gasteiger partial charge in [-0.15, -0.1) is 0 Å². The number of hydrogen-bond acceptors (Lipinski definition) is 9. The molecule has 1 aromatic carbocycles. The van der Waals surface area contributed by atoms with Gasteiger partial charge in [-0.3, -0.25) is 4.90 Å². The lowest BCUT2D eigenvalue weighted by Crippen LogP contribution is -2.38. The van der Waals surface area contributed by atoms with Crippen molar-refractivity contribution in [3.63, 3.8) is 0 Å². The molecule has 11 heteroatoms. The minimum absolute atomic E-state index is 0.0364. The Kier molecular flexibility index (Phi) is 7.62. The Hall–Kier alpha value is -3.05. The Balaban J connectivity index is 1.34. The van der Waals surface area contributed by atoms with Crippen LogP contribution in [0.25, 0.3) is 11.4 Å². The maximum Gasteiger partial charge on any atom is 0.224 e. The fraction of sp³-hybridized carbons (Fsp3) is 0.333. The first-order valence-electron chi connectivity index (χ1n) is 10.2. The third-order valence-corrected chi connectivity index (χ3v) is 5.07. The van der Waals surface area contributed by atoms with Crippen LogP contribution in [0.3, 0.4) is 0 Å². The van der Waals surface area contributed by atoms with Crippen molar-refractivity contribution in [1.82, 2.24) is 30.3 Å². The van der Waals surface area contributed by atoms with E-state index in [2.05, 4.69) is 35.6 Å². The lowest BCUT2D eigenvalue weighted by molar-refractivity contribution is 0.0322. The molecule has 1 aliphatic rings. The van der Waals surface area contributed by atoms with Crippen molar-refractivity contribution in [2.75, 3.05) is 44.8 Å². The Labute approximate surface area is 190 Å². The molecule has 1 radical (unpaired) electrons. The van der Waals surface area contributed by atoms with Gasteiger partial charge >= 0.3 is 0 Å². The highest BCUT2D eigenvalue weighted by Gasteiger charge is 2.10. The number of rotatable bonds is 9. The highest BCUT2D eigenvalue weighted by molar-refractivity contribution is 6.28. The maximum absolute atomic E-state index is 10.9. The first-order chi connectivity index (χ1) is 15.7. The van der Waals surface area contributed by atoms with Crippen LogP contribution >= 0.6 is 11.6 Å². The number of anilines is 1. The normalized spacial score (nSPS) is 14.2. The minimum atomic E-state index is 0.0364. The van der Waals surface area contributed by atoms with E-state index in [9.17, 15) is 5.21 Å². The van der Waals surface area contributed by atoms with Gasteiger partial charge in [0.05, 0.1) is 31.8 Å². The zero-order valence-corrected chi connectivity index (χ0v) is 18.0. The molecular weight excluding hydrogens is 434 g/mol. The van der Waals surface area contributed by atoms with Gasteiger partial charge < -0.3 is 25.5 Å². The average Bonchev–Trinajstić information content (AvgIpc) is 2.84. The van der Waals surface area contributed by atoms with Gasteiger partial charge in [0.2, 0.25) is 5.28 Å². The van der Waals surface area contributed by atoms with Crippen LogP contribution in [0.2, 0.25) is 5.28 Å². The first-order valence-corrected chi connectivity index (χ1v) is 10.5. The van der Waals surface area contributed by atoms with Gasteiger partial charge in [-0.05, 0) is 23.2 Å². The zero-order chi connectivity index (χ0) is 22.2. The third kappa shape index (κ3) is 6.01. The number of ether oxygens (including phenoxy) is 2. The first kappa shape index (κ1) is 22.2. The second-order valence-corrected chi connectivity index (χ2v) is 7.40. The molecule has 2 aromatic heterocycles. The van der Waals surface area contributed by atoms with Gasteiger partial charge in [0.1, 0.15) is 12.3 Å². The molecule has 3 aromatic rings. The van der Waals surface area contributed by atoms with Gasteiger partial charge in [0.25, 0.3) is 0 Å². The predicted molar refractivity (Wildman–Crippen MR) is 120 cm³/mol. The average molecular weight is 456 g/mol. The molecule has 0 aliphatic carbocycles. The molecule has 4 rings (SSSR count). The number of nitrogens with one attached hydrogen (secondary N) is 1. The molecule has 1 fully saturated rings. The molecule has 1 aliphatic heterocycles. The van der Waals surface area contributed by atoms with Gasteiger partial charge in [-0.25, -0.2) is 15.0 Å².